The number of thiol groups is 1. The van der Waals surface area contributed by atoms with Gasteiger partial charge in [0.25, 0.3) is 0 Å². The van der Waals surface area contributed by atoms with Crippen LogP contribution < -0.4 is 5.32 Å². The molecule has 0 radical (unpaired) electrons. The highest BCUT2D eigenvalue weighted by Gasteiger charge is 2.27. The molecule has 1 aliphatic heterocycles. The van der Waals surface area contributed by atoms with Crippen molar-refractivity contribution in [2.75, 3.05) is 0 Å². The van der Waals surface area contributed by atoms with Gasteiger partial charge in [0.05, 0.1) is 16.7 Å². The van der Waals surface area contributed by atoms with Crippen molar-refractivity contribution in [3.05, 3.63) is 44.9 Å². The molecule has 1 heterocycles. The Bertz CT molecular complexity index is 530. The van der Waals surface area contributed by atoms with Gasteiger partial charge in [0.2, 0.25) is 5.91 Å². The number of benzene rings is 1. The van der Waals surface area contributed by atoms with Gasteiger partial charge in [0.15, 0.2) is 0 Å². The van der Waals surface area contributed by atoms with E-state index in [1.807, 2.05) is 24.3 Å². The van der Waals surface area contributed by atoms with Crippen molar-refractivity contribution in [3.63, 3.8) is 0 Å². The third kappa shape index (κ3) is 2.54. The molecule has 1 amide bonds. The van der Waals surface area contributed by atoms with E-state index in [1.165, 1.54) is 0 Å². The Morgan fingerprint density at radius 1 is 1.41 bits per heavy atom. The molecule has 86 valence electrons. The molecule has 1 unspecified atom stereocenters. The lowest BCUT2D eigenvalue weighted by Crippen LogP contribution is -2.29. The summed E-state index contributed by atoms with van der Waals surface area (Å²) in [4.78, 5) is 11.5. The van der Waals surface area contributed by atoms with Gasteiger partial charge < -0.3 is 5.32 Å². The standard InChI is InChI=1S/C12H9BrN2OS/c13-8-3-1-7(2-4-8)9-5-11(16)15-12(17)10(9)6-14/h1-4,9,17H,5H2,(H,15,16). The Kier molecular flexibility index (Phi) is 3.55. The van der Waals surface area contributed by atoms with Crippen molar-refractivity contribution in [1.82, 2.24) is 5.32 Å². The average Bonchev–Trinajstić information content (AvgIpc) is 2.29. The molecule has 1 aromatic rings. The Balaban J connectivity index is 2.43. The van der Waals surface area contributed by atoms with Crippen LogP contribution in [0.15, 0.2) is 39.3 Å². The van der Waals surface area contributed by atoms with Gasteiger partial charge in [-0.05, 0) is 17.7 Å². The Morgan fingerprint density at radius 3 is 2.65 bits per heavy atom. The van der Waals surface area contributed by atoms with Crippen LogP contribution in [0.3, 0.4) is 0 Å². The number of hydrogen-bond donors (Lipinski definition) is 2. The molecule has 17 heavy (non-hydrogen) atoms. The van der Waals surface area contributed by atoms with Crippen LogP contribution in [0.25, 0.3) is 0 Å². The van der Waals surface area contributed by atoms with Crippen LogP contribution in [-0.2, 0) is 4.79 Å². The van der Waals surface area contributed by atoms with Crippen LogP contribution in [0.5, 0.6) is 0 Å². The van der Waals surface area contributed by atoms with Gasteiger partial charge in [0.1, 0.15) is 0 Å². The Morgan fingerprint density at radius 2 is 2.06 bits per heavy atom. The molecule has 2 rings (SSSR count). The number of rotatable bonds is 1. The fourth-order valence-corrected chi connectivity index (χ4v) is 2.41. The molecule has 1 aliphatic rings. The maximum absolute atomic E-state index is 11.5. The van der Waals surface area contributed by atoms with Gasteiger partial charge in [-0.2, -0.15) is 5.26 Å². The highest BCUT2D eigenvalue weighted by molar-refractivity contribution is 9.10. The molecular formula is C12H9BrN2OS. The minimum absolute atomic E-state index is 0.109. The maximum atomic E-state index is 11.5. The number of allylic oxidation sites excluding steroid dienone is 1. The van der Waals surface area contributed by atoms with E-state index >= 15 is 0 Å². The monoisotopic (exact) mass is 308 g/mol. The number of nitrogens with zero attached hydrogens (tertiary/aromatic N) is 1. The molecule has 5 heteroatoms. The summed E-state index contributed by atoms with van der Waals surface area (Å²) < 4.78 is 0.968. The summed E-state index contributed by atoms with van der Waals surface area (Å²) in [5.74, 6) is -0.309. The number of amides is 1. The Labute approximate surface area is 113 Å². The fourth-order valence-electron chi connectivity index (χ4n) is 1.81. The zero-order chi connectivity index (χ0) is 12.4. The molecule has 0 aliphatic carbocycles. The zero-order valence-corrected chi connectivity index (χ0v) is 11.3. The van der Waals surface area contributed by atoms with Crippen LogP contribution in [0, 0.1) is 11.3 Å². The van der Waals surface area contributed by atoms with E-state index in [0.717, 1.165) is 10.0 Å². The molecular weight excluding hydrogens is 300 g/mol. The first-order valence-corrected chi connectivity index (χ1v) is 6.24. The van der Waals surface area contributed by atoms with E-state index in [0.29, 0.717) is 10.6 Å². The second kappa shape index (κ2) is 4.94. The lowest BCUT2D eigenvalue weighted by atomic mass is 9.87. The minimum atomic E-state index is -0.200. The normalized spacial score (nSPS) is 19.8. The van der Waals surface area contributed by atoms with Crippen molar-refractivity contribution in [2.45, 2.75) is 12.3 Å². The number of carbonyl (C=O) groups excluding carboxylic acids is 1. The third-order valence-corrected chi connectivity index (χ3v) is 3.53. The molecule has 1 aromatic carbocycles. The first kappa shape index (κ1) is 12.2. The molecule has 1 atom stereocenters. The molecule has 0 saturated heterocycles. The third-order valence-electron chi connectivity index (χ3n) is 2.64. The largest absolute Gasteiger partial charge is 0.320 e. The van der Waals surface area contributed by atoms with Crippen LogP contribution in [0.4, 0.5) is 0 Å². The van der Waals surface area contributed by atoms with E-state index < -0.39 is 0 Å². The molecule has 0 spiro atoms. The lowest BCUT2D eigenvalue weighted by molar-refractivity contribution is -0.120. The molecule has 0 fully saturated rings. The number of carbonyl (C=O) groups is 1. The first-order chi connectivity index (χ1) is 8.11. The topological polar surface area (TPSA) is 52.9 Å². The highest BCUT2D eigenvalue weighted by atomic mass is 79.9. The molecule has 0 bridgehead atoms. The van der Waals surface area contributed by atoms with E-state index in [4.69, 9.17) is 5.26 Å². The maximum Gasteiger partial charge on any atom is 0.225 e. The first-order valence-electron chi connectivity index (χ1n) is 5.00. The van der Waals surface area contributed by atoms with Gasteiger partial charge in [0, 0.05) is 16.8 Å². The smallest absolute Gasteiger partial charge is 0.225 e. The molecule has 0 aromatic heterocycles. The predicted octanol–water partition coefficient (Wildman–Crippen LogP) is 2.72. The van der Waals surface area contributed by atoms with E-state index in [-0.39, 0.29) is 18.2 Å². The average molecular weight is 309 g/mol. The van der Waals surface area contributed by atoms with Crippen LogP contribution in [0.1, 0.15) is 17.9 Å². The van der Waals surface area contributed by atoms with Gasteiger partial charge >= 0.3 is 0 Å². The van der Waals surface area contributed by atoms with E-state index in [9.17, 15) is 4.79 Å². The lowest BCUT2D eigenvalue weighted by Gasteiger charge is -2.23. The highest BCUT2D eigenvalue weighted by Crippen LogP contribution is 2.33. The van der Waals surface area contributed by atoms with Gasteiger partial charge in [-0.1, -0.05) is 28.1 Å². The fraction of sp³-hybridized carbons (Fsp3) is 0.167. The van der Waals surface area contributed by atoms with Crippen molar-refractivity contribution in [3.8, 4) is 6.07 Å². The van der Waals surface area contributed by atoms with Gasteiger partial charge in [-0.15, -0.1) is 12.6 Å². The summed E-state index contributed by atoms with van der Waals surface area (Å²) in [6.45, 7) is 0. The number of halogens is 1. The number of nitriles is 1. The van der Waals surface area contributed by atoms with Crippen molar-refractivity contribution in [2.24, 2.45) is 0 Å². The SMILES string of the molecule is N#CC1=C(S)NC(=O)CC1c1ccc(Br)cc1. The van der Waals surface area contributed by atoms with Crippen molar-refractivity contribution >= 4 is 34.5 Å². The molecule has 0 saturated carbocycles. The summed E-state index contributed by atoms with van der Waals surface area (Å²) in [5.41, 5.74) is 1.46. The number of hydrogen-bond acceptors (Lipinski definition) is 3. The van der Waals surface area contributed by atoms with E-state index in [1.54, 1.807) is 0 Å². The number of nitrogens with one attached hydrogen (secondary N) is 1. The van der Waals surface area contributed by atoms with Gasteiger partial charge in [-0.3, -0.25) is 4.79 Å². The predicted molar refractivity (Wildman–Crippen MR) is 71.3 cm³/mol. The quantitative estimate of drug-likeness (QED) is 0.784. The van der Waals surface area contributed by atoms with Crippen LogP contribution in [-0.4, -0.2) is 5.91 Å². The molecule has 1 N–H and O–H groups in total. The Hall–Kier alpha value is -1.25. The second-order valence-electron chi connectivity index (χ2n) is 3.73. The summed E-state index contributed by atoms with van der Waals surface area (Å²) in [5, 5.41) is 12.0. The van der Waals surface area contributed by atoms with E-state index in [2.05, 4.69) is 39.9 Å². The van der Waals surface area contributed by atoms with Crippen LogP contribution >= 0.6 is 28.6 Å². The summed E-state index contributed by atoms with van der Waals surface area (Å²) in [6, 6.07) is 9.73. The molecule has 3 nitrogen and oxygen atoms in total. The van der Waals surface area contributed by atoms with Crippen molar-refractivity contribution < 1.29 is 4.79 Å². The zero-order valence-electron chi connectivity index (χ0n) is 8.77. The van der Waals surface area contributed by atoms with Crippen LogP contribution in [0.2, 0.25) is 0 Å². The minimum Gasteiger partial charge on any atom is -0.320 e. The summed E-state index contributed by atoms with van der Waals surface area (Å²) in [7, 11) is 0. The van der Waals surface area contributed by atoms with Crippen molar-refractivity contribution in [1.29, 1.82) is 5.26 Å². The summed E-state index contributed by atoms with van der Waals surface area (Å²) >= 11 is 7.50. The van der Waals surface area contributed by atoms with Gasteiger partial charge in [-0.25, -0.2) is 0 Å². The second-order valence-corrected chi connectivity index (χ2v) is 5.09. The summed E-state index contributed by atoms with van der Waals surface area (Å²) in [6.07, 6.45) is 0.286.